The molecule has 33 heavy (non-hydrogen) atoms. The topological polar surface area (TPSA) is 37.4 Å². The summed E-state index contributed by atoms with van der Waals surface area (Å²) in [5.41, 5.74) is 4.67. The zero-order valence-electron chi connectivity index (χ0n) is 20.9. The van der Waals surface area contributed by atoms with E-state index in [-0.39, 0.29) is 11.6 Å². The first-order chi connectivity index (χ1) is 15.8. The van der Waals surface area contributed by atoms with E-state index in [0.29, 0.717) is 37.8 Å². The Morgan fingerprint density at radius 1 is 0.697 bits per heavy atom. The third-order valence-corrected chi connectivity index (χ3v) is 5.93. The van der Waals surface area contributed by atoms with E-state index >= 15 is 0 Å². The molecule has 2 rings (SSSR count). The Kier molecular flexibility index (Phi) is 11.0. The van der Waals surface area contributed by atoms with E-state index in [1.165, 1.54) is 11.1 Å². The van der Waals surface area contributed by atoms with Crippen LogP contribution in [0.4, 0.5) is 0 Å². The van der Waals surface area contributed by atoms with E-state index in [9.17, 15) is 9.59 Å². The maximum absolute atomic E-state index is 12.3. The number of carbonyl (C=O) groups is 2. The van der Waals surface area contributed by atoms with Crippen LogP contribution in [0.3, 0.4) is 0 Å². The van der Waals surface area contributed by atoms with Gasteiger partial charge in [-0.25, -0.2) is 0 Å². The summed E-state index contributed by atoms with van der Waals surface area (Å²) in [6.07, 6.45) is 8.00. The van der Waals surface area contributed by atoms with Crippen LogP contribution in [0.2, 0.25) is 0 Å². The number of allylic oxidation sites excluding steroid dienone is 2. The highest BCUT2D eigenvalue weighted by molar-refractivity contribution is 5.94. The van der Waals surface area contributed by atoms with E-state index < -0.39 is 0 Å². The van der Waals surface area contributed by atoms with Crippen molar-refractivity contribution in [2.75, 3.05) is 19.6 Å². The predicted octanol–water partition coefficient (Wildman–Crippen LogP) is 6.90. The SMILES string of the molecule is CCN(CCC(=O)C=Cc1ccc(C(C)C)cc1)CCC(=O)C=Cc1ccc(C(C)C)cc1. The lowest BCUT2D eigenvalue weighted by Gasteiger charge is -2.18. The van der Waals surface area contributed by atoms with E-state index in [0.717, 1.165) is 17.7 Å². The summed E-state index contributed by atoms with van der Waals surface area (Å²) in [6, 6.07) is 16.6. The van der Waals surface area contributed by atoms with Gasteiger partial charge in [0.15, 0.2) is 11.6 Å². The fraction of sp³-hybridized carbons (Fsp3) is 0.400. The molecule has 3 heteroatoms. The average molecular weight is 446 g/mol. The van der Waals surface area contributed by atoms with Crippen molar-refractivity contribution >= 4 is 23.7 Å². The monoisotopic (exact) mass is 445 g/mol. The molecule has 0 aliphatic rings. The Bertz CT molecular complexity index is 857. The summed E-state index contributed by atoms with van der Waals surface area (Å²) in [4.78, 5) is 26.7. The number of ketones is 2. The minimum atomic E-state index is 0.109. The lowest BCUT2D eigenvalue weighted by molar-refractivity contribution is -0.114. The first kappa shape index (κ1) is 26.5. The van der Waals surface area contributed by atoms with Crippen LogP contribution < -0.4 is 0 Å². The van der Waals surface area contributed by atoms with Crippen molar-refractivity contribution in [1.29, 1.82) is 0 Å². The Balaban J connectivity index is 1.75. The summed E-state index contributed by atoms with van der Waals surface area (Å²) in [5, 5.41) is 0. The van der Waals surface area contributed by atoms with Gasteiger partial charge in [0.2, 0.25) is 0 Å². The van der Waals surface area contributed by atoms with Crippen molar-refractivity contribution < 1.29 is 9.59 Å². The molecule has 0 atom stereocenters. The van der Waals surface area contributed by atoms with Crippen molar-refractivity contribution in [1.82, 2.24) is 4.90 Å². The summed E-state index contributed by atoms with van der Waals surface area (Å²) < 4.78 is 0. The smallest absolute Gasteiger partial charge is 0.156 e. The molecule has 0 amide bonds. The molecule has 0 aromatic heterocycles. The Morgan fingerprint density at radius 3 is 1.36 bits per heavy atom. The number of hydrogen-bond acceptors (Lipinski definition) is 3. The zero-order valence-corrected chi connectivity index (χ0v) is 20.9. The molecule has 2 aromatic carbocycles. The minimum Gasteiger partial charge on any atom is -0.303 e. The van der Waals surface area contributed by atoms with Gasteiger partial charge in [-0.05, 0) is 52.8 Å². The number of benzene rings is 2. The van der Waals surface area contributed by atoms with Gasteiger partial charge in [0, 0.05) is 25.9 Å². The van der Waals surface area contributed by atoms with Crippen LogP contribution in [-0.4, -0.2) is 36.1 Å². The molecular weight excluding hydrogens is 406 g/mol. The van der Waals surface area contributed by atoms with Crippen LogP contribution in [-0.2, 0) is 9.59 Å². The van der Waals surface area contributed by atoms with Crippen molar-refractivity contribution in [3.05, 3.63) is 82.9 Å². The number of hydrogen-bond donors (Lipinski definition) is 0. The Labute approximate surface area is 200 Å². The minimum absolute atomic E-state index is 0.109. The van der Waals surface area contributed by atoms with Gasteiger partial charge in [0.25, 0.3) is 0 Å². The number of rotatable bonds is 13. The van der Waals surface area contributed by atoms with Gasteiger partial charge in [-0.3, -0.25) is 9.59 Å². The van der Waals surface area contributed by atoms with Crippen LogP contribution in [0, 0.1) is 0 Å². The van der Waals surface area contributed by atoms with E-state index in [4.69, 9.17) is 0 Å². The summed E-state index contributed by atoms with van der Waals surface area (Å²) >= 11 is 0. The van der Waals surface area contributed by atoms with Crippen molar-refractivity contribution in [3.63, 3.8) is 0 Å². The molecule has 0 saturated heterocycles. The summed E-state index contributed by atoms with van der Waals surface area (Å²) in [6.45, 7) is 12.9. The van der Waals surface area contributed by atoms with Gasteiger partial charge in [0.05, 0.1) is 0 Å². The van der Waals surface area contributed by atoms with Crippen molar-refractivity contribution in [2.45, 2.75) is 59.3 Å². The van der Waals surface area contributed by atoms with Crippen LogP contribution >= 0.6 is 0 Å². The fourth-order valence-corrected chi connectivity index (χ4v) is 3.49. The third kappa shape index (κ3) is 9.71. The van der Waals surface area contributed by atoms with Crippen molar-refractivity contribution in [3.8, 4) is 0 Å². The summed E-state index contributed by atoms with van der Waals surface area (Å²) in [5.74, 6) is 1.22. The largest absolute Gasteiger partial charge is 0.303 e. The molecule has 0 bridgehead atoms. The Morgan fingerprint density at radius 2 is 1.06 bits per heavy atom. The molecule has 0 aliphatic heterocycles. The molecule has 0 spiro atoms. The maximum atomic E-state index is 12.3. The molecule has 176 valence electrons. The van der Waals surface area contributed by atoms with Gasteiger partial charge in [-0.15, -0.1) is 0 Å². The highest BCUT2D eigenvalue weighted by atomic mass is 16.1. The van der Waals surface area contributed by atoms with Crippen molar-refractivity contribution in [2.24, 2.45) is 0 Å². The molecular formula is C30H39NO2. The lowest BCUT2D eigenvalue weighted by Crippen LogP contribution is -2.28. The number of carbonyl (C=O) groups excluding carboxylic acids is 2. The van der Waals surface area contributed by atoms with Gasteiger partial charge >= 0.3 is 0 Å². The second kappa shape index (κ2) is 13.7. The molecule has 0 saturated carbocycles. The molecule has 0 fully saturated rings. The first-order valence-corrected chi connectivity index (χ1v) is 12.1. The van der Waals surface area contributed by atoms with Gasteiger partial charge < -0.3 is 4.90 Å². The molecule has 2 aromatic rings. The van der Waals surface area contributed by atoms with Crippen LogP contribution in [0.25, 0.3) is 12.2 Å². The standard InChI is InChI=1S/C30H39NO2/c1-6-31(21-19-29(32)17-11-25-7-13-27(14-8-25)23(2)3)22-20-30(33)18-12-26-9-15-28(16-10-26)24(4)5/h7-18,23-24H,6,19-22H2,1-5H3. The fourth-order valence-electron chi connectivity index (χ4n) is 3.49. The number of nitrogens with zero attached hydrogens (tertiary/aromatic N) is 1. The lowest BCUT2D eigenvalue weighted by atomic mass is 10.0. The van der Waals surface area contributed by atoms with E-state index in [2.05, 4.69) is 88.0 Å². The predicted molar refractivity (Wildman–Crippen MR) is 140 cm³/mol. The zero-order chi connectivity index (χ0) is 24.2. The highest BCUT2D eigenvalue weighted by Gasteiger charge is 2.07. The molecule has 0 radical (unpaired) electrons. The van der Waals surface area contributed by atoms with Gasteiger partial charge in [0.1, 0.15) is 0 Å². The average Bonchev–Trinajstić information content (AvgIpc) is 2.82. The maximum Gasteiger partial charge on any atom is 0.156 e. The molecule has 0 heterocycles. The normalized spacial score (nSPS) is 12.0. The molecule has 3 nitrogen and oxygen atoms in total. The molecule has 0 aliphatic carbocycles. The summed E-state index contributed by atoms with van der Waals surface area (Å²) in [7, 11) is 0. The van der Waals surface area contributed by atoms with Crippen LogP contribution in [0.15, 0.2) is 60.7 Å². The third-order valence-electron chi connectivity index (χ3n) is 5.93. The van der Waals surface area contributed by atoms with Crippen LogP contribution in [0.1, 0.15) is 81.5 Å². The molecule has 0 N–H and O–H groups in total. The van der Waals surface area contributed by atoms with Gasteiger partial charge in [-0.1, -0.05) is 95.3 Å². The van der Waals surface area contributed by atoms with E-state index in [1.807, 2.05) is 12.2 Å². The van der Waals surface area contributed by atoms with Gasteiger partial charge in [-0.2, -0.15) is 0 Å². The van der Waals surface area contributed by atoms with Crippen LogP contribution in [0.5, 0.6) is 0 Å². The quantitative estimate of drug-likeness (QED) is 0.315. The molecule has 0 unspecified atom stereocenters. The second-order valence-corrected chi connectivity index (χ2v) is 9.18. The Hall–Kier alpha value is -2.78. The van der Waals surface area contributed by atoms with E-state index in [1.54, 1.807) is 12.2 Å². The highest BCUT2D eigenvalue weighted by Crippen LogP contribution is 2.16. The second-order valence-electron chi connectivity index (χ2n) is 9.18. The first-order valence-electron chi connectivity index (χ1n) is 12.1.